The molecule has 4 rings (SSSR count). The number of nitrogens with one attached hydrogen (secondary N) is 1. The normalized spacial score (nSPS) is 16.7. The van der Waals surface area contributed by atoms with Gasteiger partial charge in [0.05, 0.1) is 22.9 Å². The maximum atomic E-state index is 12.9. The smallest absolute Gasteiger partial charge is 0.252 e. The van der Waals surface area contributed by atoms with Crippen molar-refractivity contribution in [2.45, 2.75) is 18.9 Å². The van der Waals surface area contributed by atoms with E-state index in [0.717, 1.165) is 46.1 Å². The number of aromatic nitrogens is 1. The molecular weight excluding hydrogens is 392 g/mol. The van der Waals surface area contributed by atoms with E-state index in [9.17, 15) is 4.79 Å². The van der Waals surface area contributed by atoms with Gasteiger partial charge in [-0.2, -0.15) is 0 Å². The lowest BCUT2D eigenvalue weighted by atomic mass is 10.0. The van der Waals surface area contributed by atoms with E-state index in [4.69, 9.17) is 9.72 Å². The van der Waals surface area contributed by atoms with E-state index in [1.165, 1.54) is 0 Å². The number of hydrogen-bond acceptors (Lipinski definition) is 3. The fourth-order valence-corrected chi connectivity index (χ4v) is 3.50. The van der Waals surface area contributed by atoms with Gasteiger partial charge in [-0.15, -0.1) is 0 Å². The van der Waals surface area contributed by atoms with Crippen LogP contribution in [0.25, 0.3) is 22.2 Å². The Hall–Kier alpha value is -2.24. The predicted molar refractivity (Wildman–Crippen MR) is 106 cm³/mol. The lowest BCUT2D eigenvalue weighted by Gasteiger charge is -2.13. The van der Waals surface area contributed by atoms with Crippen LogP contribution in [0.3, 0.4) is 0 Å². The van der Waals surface area contributed by atoms with Crippen LogP contribution >= 0.6 is 15.9 Å². The van der Waals surface area contributed by atoms with Gasteiger partial charge in [-0.05, 0) is 37.1 Å². The lowest BCUT2D eigenvalue weighted by Crippen LogP contribution is -2.31. The molecule has 0 bridgehead atoms. The molecular formula is C21H19BrN2O2. The van der Waals surface area contributed by atoms with Gasteiger partial charge in [-0.3, -0.25) is 4.79 Å². The summed E-state index contributed by atoms with van der Waals surface area (Å²) in [7, 11) is 0. The largest absolute Gasteiger partial charge is 0.376 e. The predicted octanol–water partition coefficient (Wildman–Crippen LogP) is 4.57. The summed E-state index contributed by atoms with van der Waals surface area (Å²) >= 11 is 3.45. The third kappa shape index (κ3) is 3.64. The Balaban J connectivity index is 1.69. The van der Waals surface area contributed by atoms with Gasteiger partial charge in [0, 0.05) is 28.6 Å². The first kappa shape index (κ1) is 17.2. The van der Waals surface area contributed by atoms with Gasteiger partial charge in [0.2, 0.25) is 0 Å². The fourth-order valence-electron chi connectivity index (χ4n) is 3.24. The average molecular weight is 411 g/mol. The van der Waals surface area contributed by atoms with Gasteiger partial charge in [-0.1, -0.05) is 46.3 Å². The van der Waals surface area contributed by atoms with Crippen LogP contribution in [-0.4, -0.2) is 30.1 Å². The monoisotopic (exact) mass is 410 g/mol. The van der Waals surface area contributed by atoms with E-state index in [0.29, 0.717) is 12.1 Å². The summed E-state index contributed by atoms with van der Waals surface area (Å²) < 4.78 is 6.61. The molecule has 1 aromatic heterocycles. The Bertz CT molecular complexity index is 934. The highest BCUT2D eigenvalue weighted by molar-refractivity contribution is 9.10. The van der Waals surface area contributed by atoms with Crippen LogP contribution in [0, 0.1) is 0 Å². The van der Waals surface area contributed by atoms with Crippen molar-refractivity contribution >= 4 is 32.7 Å². The molecule has 4 nitrogen and oxygen atoms in total. The Labute approximate surface area is 160 Å². The zero-order valence-electron chi connectivity index (χ0n) is 14.2. The molecule has 1 aliphatic rings. The highest BCUT2D eigenvalue weighted by Crippen LogP contribution is 2.26. The van der Waals surface area contributed by atoms with E-state index < -0.39 is 0 Å². The van der Waals surface area contributed by atoms with Crippen LogP contribution in [0.1, 0.15) is 23.2 Å². The Morgan fingerprint density at radius 2 is 2.00 bits per heavy atom. The van der Waals surface area contributed by atoms with Crippen molar-refractivity contribution in [2.75, 3.05) is 13.2 Å². The van der Waals surface area contributed by atoms with Gasteiger partial charge in [0.25, 0.3) is 5.91 Å². The van der Waals surface area contributed by atoms with Crippen LogP contribution < -0.4 is 5.32 Å². The van der Waals surface area contributed by atoms with Gasteiger partial charge in [0.1, 0.15) is 0 Å². The molecule has 132 valence electrons. The molecule has 1 aliphatic heterocycles. The SMILES string of the molecule is O=C(NC[C@H]1CCCO1)c1cc(-c2ccc(Br)cc2)nc2ccccc12. The van der Waals surface area contributed by atoms with Crippen molar-refractivity contribution in [3.63, 3.8) is 0 Å². The second-order valence-electron chi connectivity index (χ2n) is 6.42. The minimum Gasteiger partial charge on any atom is -0.376 e. The number of hydrogen-bond donors (Lipinski definition) is 1. The van der Waals surface area contributed by atoms with Gasteiger partial charge < -0.3 is 10.1 Å². The van der Waals surface area contributed by atoms with Crippen molar-refractivity contribution in [3.8, 4) is 11.3 Å². The lowest BCUT2D eigenvalue weighted by molar-refractivity contribution is 0.0859. The number of halogens is 1. The summed E-state index contributed by atoms with van der Waals surface area (Å²) in [4.78, 5) is 17.6. The number of rotatable bonds is 4. The molecule has 0 unspecified atom stereocenters. The Morgan fingerprint density at radius 3 is 2.77 bits per heavy atom. The molecule has 26 heavy (non-hydrogen) atoms. The minimum absolute atomic E-state index is 0.0857. The first-order valence-corrected chi connectivity index (χ1v) is 9.55. The van der Waals surface area contributed by atoms with E-state index in [1.807, 2.05) is 54.6 Å². The van der Waals surface area contributed by atoms with Crippen molar-refractivity contribution < 1.29 is 9.53 Å². The van der Waals surface area contributed by atoms with Crippen LogP contribution in [-0.2, 0) is 4.74 Å². The highest BCUT2D eigenvalue weighted by Gasteiger charge is 2.18. The molecule has 5 heteroatoms. The maximum Gasteiger partial charge on any atom is 0.252 e. The number of benzene rings is 2. The third-order valence-corrected chi connectivity index (χ3v) is 5.14. The fraction of sp³-hybridized carbons (Fsp3) is 0.238. The van der Waals surface area contributed by atoms with Crippen LogP contribution in [0.4, 0.5) is 0 Å². The van der Waals surface area contributed by atoms with Crippen LogP contribution in [0.15, 0.2) is 59.1 Å². The Kier molecular flexibility index (Phi) is 5.00. The number of fused-ring (bicyclic) bond motifs is 1. The Morgan fingerprint density at radius 1 is 1.19 bits per heavy atom. The first-order valence-electron chi connectivity index (χ1n) is 8.76. The summed E-state index contributed by atoms with van der Waals surface area (Å²) in [5.41, 5.74) is 3.23. The zero-order chi connectivity index (χ0) is 17.9. The maximum absolute atomic E-state index is 12.9. The molecule has 0 aliphatic carbocycles. The van der Waals surface area contributed by atoms with Crippen molar-refractivity contribution in [2.24, 2.45) is 0 Å². The number of para-hydroxylation sites is 1. The molecule has 0 spiro atoms. The number of pyridine rings is 1. The number of nitrogens with zero attached hydrogens (tertiary/aromatic N) is 1. The standard InChI is InChI=1S/C21H19BrN2O2/c22-15-9-7-14(8-10-15)20-12-18(17-5-1-2-6-19(17)24-20)21(25)23-13-16-4-3-11-26-16/h1-2,5-10,12,16H,3-4,11,13H2,(H,23,25)/t16-/m1/s1. The first-order chi connectivity index (χ1) is 12.7. The van der Waals surface area contributed by atoms with Crippen molar-refractivity contribution in [1.29, 1.82) is 0 Å². The van der Waals surface area contributed by atoms with Crippen LogP contribution in [0.2, 0.25) is 0 Å². The topological polar surface area (TPSA) is 51.2 Å². The zero-order valence-corrected chi connectivity index (χ0v) is 15.8. The number of carbonyl (C=O) groups excluding carboxylic acids is 1. The van der Waals surface area contributed by atoms with Crippen molar-refractivity contribution in [3.05, 3.63) is 64.6 Å². The summed E-state index contributed by atoms with van der Waals surface area (Å²) in [6.07, 6.45) is 2.19. The van der Waals surface area contributed by atoms with E-state index in [2.05, 4.69) is 21.2 Å². The van der Waals surface area contributed by atoms with Gasteiger partial charge in [0.15, 0.2) is 0 Å². The average Bonchev–Trinajstić information content (AvgIpc) is 3.19. The molecule has 1 fully saturated rings. The molecule has 3 aromatic rings. The number of carbonyl (C=O) groups is 1. The quantitative estimate of drug-likeness (QED) is 0.684. The molecule has 1 N–H and O–H groups in total. The second kappa shape index (κ2) is 7.56. The number of ether oxygens (including phenoxy) is 1. The molecule has 2 heterocycles. The van der Waals surface area contributed by atoms with Gasteiger partial charge in [-0.25, -0.2) is 4.98 Å². The third-order valence-electron chi connectivity index (χ3n) is 4.62. The summed E-state index contributed by atoms with van der Waals surface area (Å²) in [5.74, 6) is -0.0857. The summed E-state index contributed by atoms with van der Waals surface area (Å²) in [5, 5.41) is 3.88. The molecule has 0 saturated carbocycles. The molecule has 2 aromatic carbocycles. The van der Waals surface area contributed by atoms with E-state index in [-0.39, 0.29) is 12.0 Å². The van der Waals surface area contributed by atoms with Crippen LogP contribution in [0.5, 0.6) is 0 Å². The highest BCUT2D eigenvalue weighted by atomic mass is 79.9. The minimum atomic E-state index is -0.0857. The summed E-state index contributed by atoms with van der Waals surface area (Å²) in [6, 6.07) is 17.6. The second-order valence-corrected chi connectivity index (χ2v) is 7.34. The van der Waals surface area contributed by atoms with Crippen molar-refractivity contribution in [1.82, 2.24) is 10.3 Å². The molecule has 1 saturated heterocycles. The van der Waals surface area contributed by atoms with E-state index in [1.54, 1.807) is 0 Å². The number of amides is 1. The molecule has 1 amide bonds. The van der Waals surface area contributed by atoms with Gasteiger partial charge >= 0.3 is 0 Å². The van der Waals surface area contributed by atoms with E-state index >= 15 is 0 Å². The summed E-state index contributed by atoms with van der Waals surface area (Å²) in [6.45, 7) is 1.33. The molecule has 0 radical (unpaired) electrons. The molecule has 1 atom stereocenters.